The molecule has 1 heterocycles. The highest BCUT2D eigenvalue weighted by molar-refractivity contribution is 7.93. The molecule has 0 radical (unpaired) electrons. The quantitative estimate of drug-likeness (QED) is 0.613. The molecule has 0 spiro atoms. The van der Waals surface area contributed by atoms with Crippen LogP contribution < -0.4 is 4.72 Å². The van der Waals surface area contributed by atoms with Crippen LogP contribution in [0.15, 0.2) is 60.0 Å². The van der Waals surface area contributed by atoms with Crippen molar-refractivity contribution in [3.8, 4) is 21.6 Å². The van der Waals surface area contributed by atoms with E-state index in [9.17, 15) is 18.3 Å². The van der Waals surface area contributed by atoms with Crippen LogP contribution in [0.4, 0.5) is 5.69 Å². The van der Waals surface area contributed by atoms with Gasteiger partial charge in [0.15, 0.2) is 0 Å². The Labute approximate surface area is 162 Å². The van der Waals surface area contributed by atoms with Crippen molar-refractivity contribution in [2.24, 2.45) is 0 Å². The Morgan fingerprint density at radius 2 is 1.74 bits per heavy atom. The fourth-order valence-corrected chi connectivity index (χ4v) is 4.27. The number of sulfonamides is 1. The molecule has 3 aromatic rings. The second-order valence-corrected chi connectivity index (χ2v) is 9.44. The van der Waals surface area contributed by atoms with Gasteiger partial charge in [-0.15, -0.1) is 11.3 Å². The van der Waals surface area contributed by atoms with E-state index in [1.54, 1.807) is 37.4 Å². The predicted octanol–water partition coefficient (Wildman–Crippen LogP) is 4.93. The summed E-state index contributed by atoms with van der Waals surface area (Å²) in [5.74, 6) is -1.06. The summed E-state index contributed by atoms with van der Waals surface area (Å²) in [5.41, 5.74) is 2.71. The Hall–Kier alpha value is -2.64. The van der Waals surface area contributed by atoms with Crippen LogP contribution in [0.5, 0.6) is 0 Å². The fourth-order valence-electron chi connectivity index (χ4n) is 2.60. The van der Waals surface area contributed by atoms with Gasteiger partial charge in [0.25, 0.3) is 0 Å². The number of thiophene rings is 1. The number of hydrogen-bond acceptors (Lipinski definition) is 4. The smallest absolute Gasteiger partial charge is 0.336 e. The molecule has 0 amide bonds. The maximum Gasteiger partial charge on any atom is 0.336 e. The van der Waals surface area contributed by atoms with Crippen LogP contribution in [0, 0.1) is 0 Å². The molecular weight excluding hydrogens is 382 g/mol. The largest absolute Gasteiger partial charge is 0.478 e. The van der Waals surface area contributed by atoms with E-state index in [0.29, 0.717) is 16.1 Å². The van der Waals surface area contributed by atoms with E-state index >= 15 is 0 Å². The maximum atomic E-state index is 12.2. The highest BCUT2D eigenvalue weighted by Gasteiger charge is 2.21. The van der Waals surface area contributed by atoms with E-state index in [4.69, 9.17) is 0 Å². The highest BCUT2D eigenvalue weighted by atomic mass is 32.2. The zero-order valence-corrected chi connectivity index (χ0v) is 16.5. The van der Waals surface area contributed by atoms with Crippen LogP contribution in [0.2, 0.25) is 0 Å². The van der Waals surface area contributed by atoms with Crippen LogP contribution in [0.3, 0.4) is 0 Å². The predicted molar refractivity (Wildman–Crippen MR) is 110 cm³/mol. The molecule has 5 nitrogen and oxygen atoms in total. The summed E-state index contributed by atoms with van der Waals surface area (Å²) in [5, 5.41) is 10.9. The van der Waals surface area contributed by atoms with Crippen molar-refractivity contribution >= 4 is 33.0 Å². The van der Waals surface area contributed by atoms with Crippen LogP contribution in [-0.4, -0.2) is 24.7 Å². The van der Waals surface area contributed by atoms with Crippen LogP contribution in [-0.2, 0) is 10.0 Å². The molecule has 0 saturated carbocycles. The molecule has 0 aliphatic heterocycles. The van der Waals surface area contributed by atoms with Crippen molar-refractivity contribution in [1.29, 1.82) is 0 Å². The Morgan fingerprint density at radius 3 is 2.37 bits per heavy atom. The van der Waals surface area contributed by atoms with Gasteiger partial charge in [-0.25, -0.2) is 13.2 Å². The SMILES string of the molecule is CC(C)S(=O)(=O)Nc1ccsc1-c1ccc(-c2ccccc2)cc1C(=O)O. The minimum Gasteiger partial charge on any atom is -0.478 e. The molecule has 3 rings (SSSR count). The third kappa shape index (κ3) is 4.04. The van der Waals surface area contributed by atoms with Gasteiger partial charge < -0.3 is 5.11 Å². The van der Waals surface area contributed by atoms with E-state index < -0.39 is 21.2 Å². The number of rotatable bonds is 6. The third-order valence-corrected chi connectivity index (χ3v) is 6.83. The molecule has 27 heavy (non-hydrogen) atoms. The van der Waals surface area contributed by atoms with E-state index in [2.05, 4.69) is 4.72 Å². The van der Waals surface area contributed by atoms with Gasteiger partial charge in [0, 0.05) is 5.56 Å². The van der Waals surface area contributed by atoms with Gasteiger partial charge in [-0.2, -0.15) is 0 Å². The number of carbonyl (C=O) groups is 1. The van der Waals surface area contributed by atoms with Gasteiger partial charge in [-0.05, 0) is 42.5 Å². The summed E-state index contributed by atoms with van der Waals surface area (Å²) in [6, 6.07) is 16.3. The van der Waals surface area contributed by atoms with Crippen molar-refractivity contribution in [3.63, 3.8) is 0 Å². The molecule has 140 valence electrons. The second kappa shape index (κ2) is 7.54. The second-order valence-electron chi connectivity index (χ2n) is 6.29. The average molecular weight is 402 g/mol. The molecule has 1 aromatic heterocycles. The topological polar surface area (TPSA) is 83.5 Å². The standard InChI is InChI=1S/C20H19NO4S2/c1-13(2)27(24,25)21-18-10-11-26-19(18)16-9-8-15(12-17(16)20(22)23)14-6-4-3-5-7-14/h3-13,21H,1-2H3,(H,22,23). The number of carboxylic acid groups (broad SMARTS) is 1. The van der Waals surface area contributed by atoms with Crippen LogP contribution in [0.1, 0.15) is 24.2 Å². The first kappa shape index (κ1) is 19.1. The normalized spacial score (nSPS) is 11.5. The molecule has 0 aliphatic rings. The molecule has 2 N–H and O–H groups in total. The van der Waals surface area contributed by atoms with Crippen molar-refractivity contribution in [1.82, 2.24) is 0 Å². The Morgan fingerprint density at radius 1 is 1.04 bits per heavy atom. The highest BCUT2D eigenvalue weighted by Crippen LogP contribution is 2.38. The summed E-state index contributed by atoms with van der Waals surface area (Å²) >= 11 is 1.30. The number of nitrogens with one attached hydrogen (secondary N) is 1. The minimum atomic E-state index is -3.53. The van der Waals surface area contributed by atoms with E-state index in [0.717, 1.165) is 11.1 Å². The first-order valence-electron chi connectivity index (χ1n) is 8.32. The first-order chi connectivity index (χ1) is 12.8. The number of anilines is 1. The zero-order valence-electron chi connectivity index (χ0n) is 14.8. The molecule has 2 aromatic carbocycles. The number of benzene rings is 2. The molecule has 0 atom stereocenters. The van der Waals surface area contributed by atoms with Crippen molar-refractivity contribution in [2.45, 2.75) is 19.1 Å². The fraction of sp³-hybridized carbons (Fsp3) is 0.150. The number of aromatic carboxylic acids is 1. The summed E-state index contributed by atoms with van der Waals surface area (Å²) in [7, 11) is -3.53. The third-order valence-electron chi connectivity index (χ3n) is 4.14. The molecule has 0 aliphatic carbocycles. The van der Waals surface area contributed by atoms with Crippen LogP contribution in [0.25, 0.3) is 21.6 Å². The summed E-state index contributed by atoms with van der Waals surface area (Å²) in [6.07, 6.45) is 0. The Kier molecular flexibility index (Phi) is 5.34. The van der Waals surface area contributed by atoms with E-state index in [1.165, 1.54) is 11.3 Å². The van der Waals surface area contributed by atoms with Gasteiger partial charge >= 0.3 is 5.97 Å². The lowest BCUT2D eigenvalue weighted by atomic mass is 9.98. The Balaban J connectivity index is 2.08. The molecule has 7 heteroatoms. The van der Waals surface area contributed by atoms with Gasteiger partial charge in [-0.3, -0.25) is 4.72 Å². The van der Waals surface area contributed by atoms with Gasteiger partial charge in [-0.1, -0.05) is 42.5 Å². The van der Waals surface area contributed by atoms with Crippen LogP contribution >= 0.6 is 11.3 Å². The van der Waals surface area contributed by atoms with Crippen molar-refractivity contribution in [3.05, 3.63) is 65.5 Å². The molecule has 0 fully saturated rings. The minimum absolute atomic E-state index is 0.129. The number of hydrogen-bond donors (Lipinski definition) is 2. The molecule has 0 unspecified atom stereocenters. The summed E-state index contributed by atoms with van der Waals surface area (Å²) in [6.45, 7) is 3.18. The van der Waals surface area contributed by atoms with Gasteiger partial charge in [0.1, 0.15) is 0 Å². The molecule has 0 saturated heterocycles. The first-order valence-corrected chi connectivity index (χ1v) is 10.7. The lowest BCUT2D eigenvalue weighted by molar-refractivity contribution is 0.0698. The lowest BCUT2D eigenvalue weighted by Crippen LogP contribution is -2.22. The van der Waals surface area contributed by atoms with Crippen molar-refractivity contribution < 1.29 is 18.3 Å². The zero-order chi connectivity index (χ0) is 19.6. The average Bonchev–Trinajstić information content (AvgIpc) is 3.09. The van der Waals surface area contributed by atoms with Gasteiger partial charge in [0.2, 0.25) is 10.0 Å². The summed E-state index contributed by atoms with van der Waals surface area (Å²) in [4.78, 5) is 12.5. The maximum absolute atomic E-state index is 12.2. The van der Waals surface area contributed by atoms with E-state index in [1.807, 2.05) is 36.4 Å². The van der Waals surface area contributed by atoms with Crippen molar-refractivity contribution in [2.75, 3.05) is 4.72 Å². The lowest BCUT2D eigenvalue weighted by Gasteiger charge is -2.13. The Bertz CT molecular complexity index is 1070. The molecular formula is C20H19NO4S2. The number of carboxylic acids is 1. The summed E-state index contributed by atoms with van der Waals surface area (Å²) < 4.78 is 27.0. The monoisotopic (exact) mass is 401 g/mol. The van der Waals surface area contributed by atoms with Gasteiger partial charge in [0.05, 0.1) is 21.4 Å². The van der Waals surface area contributed by atoms with E-state index in [-0.39, 0.29) is 5.56 Å². The molecule has 0 bridgehead atoms.